The maximum Gasteiger partial charge on any atom is 0.255 e. The smallest absolute Gasteiger partial charge is 0.255 e. The summed E-state index contributed by atoms with van der Waals surface area (Å²) in [6.45, 7) is 0.477. The average molecular weight is 292 g/mol. The molecule has 1 heterocycles. The maximum absolute atomic E-state index is 12.1. The van der Waals surface area contributed by atoms with Gasteiger partial charge < -0.3 is 14.6 Å². The fraction of sp³-hybridized carbons (Fsp3) is 0.308. The summed E-state index contributed by atoms with van der Waals surface area (Å²) in [5.74, 6) is 1.19. The molecule has 0 fully saturated rings. The summed E-state index contributed by atoms with van der Waals surface area (Å²) < 4.78 is 7.51. The predicted molar refractivity (Wildman–Crippen MR) is 77.4 cm³/mol. The Balaban J connectivity index is 1.96. The lowest BCUT2D eigenvalue weighted by atomic mass is 10.2. The van der Waals surface area contributed by atoms with Crippen LogP contribution >= 0.6 is 12.2 Å². The Morgan fingerprint density at radius 3 is 2.90 bits per heavy atom. The molecule has 6 nitrogen and oxygen atoms in total. The number of carbonyl (C=O) groups excluding carboxylic acids is 1. The number of nitrogens with zero attached hydrogens (tertiary/aromatic N) is 2. The van der Waals surface area contributed by atoms with Crippen LogP contribution < -0.4 is 10.1 Å². The summed E-state index contributed by atoms with van der Waals surface area (Å²) in [5, 5.41) is 9.63. The van der Waals surface area contributed by atoms with Crippen molar-refractivity contribution >= 4 is 18.1 Å². The van der Waals surface area contributed by atoms with Crippen LogP contribution in [0.1, 0.15) is 16.2 Å². The third-order valence-electron chi connectivity index (χ3n) is 2.96. The molecule has 2 rings (SSSR count). The van der Waals surface area contributed by atoms with Gasteiger partial charge in [-0.15, -0.1) is 0 Å². The van der Waals surface area contributed by atoms with Crippen molar-refractivity contribution in [1.82, 2.24) is 20.1 Å². The van der Waals surface area contributed by atoms with E-state index < -0.39 is 0 Å². The zero-order valence-corrected chi connectivity index (χ0v) is 12.2. The second-order valence-electron chi connectivity index (χ2n) is 4.21. The van der Waals surface area contributed by atoms with Crippen molar-refractivity contribution in [3.63, 3.8) is 0 Å². The van der Waals surface area contributed by atoms with Crippen LogP contribution in [0, 0.1) is 4.77 Å². The van der Waals surface area contributed by atoms with Gasteiger partial charge in [0.05, 0.1) is 12.7 Å². The minimum atomic E-state index is -0.167. The molecule has 0 radical (unpaired) electrons. The zero-order chi connectivity index (χ0) is 14.5. The van der Waals surface area contributed by atoms with Gasteiger partial charge in [0.25, 0.3) is 5.91 Å². The normalized spacial score (nSPS) is 10.3. The maximum atomic E-state index is 12.1. The first-order valence-corrected chi connectivity index (χ1v) is 6.55. The third-order valence-corrected chi connectivity index (χ3v) is 3.32. The van der Waals surface area contributed by atoms with Crippen LogP contribution in [0.15, 0.2) is 24.3 Å². The highest BCUT2D eigenvalue weighted by atomic mass is 32.1. The van der Waals surface area contributed by atoms with Gasteiger partial charge >= 0.3 is 0 Å². The first-order chi connectivity index (χ1) is 9.63. The molecule has 20 heavy (non-hydrogen) atoms. The number of hydrogen-bond acceptors (Lipinski definition) is 4. The van der Waals surface area contributed by atoms with Crippen molar-refractivity contribution in [2.24, 2.45) is 7.05 Å². The highest BCUT2D eigenvalue weighted by molar-refractivity contribution is 7.71. The molecular weight excluding hydrogens is 276 g/mol. The van der Waals surface area contributed by atoms with Gasteiger partial charge in [0.2, 0.25) is 0 Å². The van der Waals surface area contributed by atoms with Crippen LogP contribution in [0.3, 0.4) is 0 Å². The molecular formula is C13H16N4O2S. The molecule has 0 aliphatic carbocycles. The summed E-state index contributed by atoms with van der Waals surface area (Å²) in [6.07, 6.45) is 0.602. The van der Waals surface area contributed by atoms with Crippen molar-refractivity contribution < 1.29 is 9.53 Å². The molecule has 0 spiro atoms. The molecule has 0 unspecified atom stereocenters. The molecule has 1 aromatic carbocycles. The first kappa shape index (κ1) is 14.3. The van der Waals surface area contributed by atoms with E-state index in [0.717, 1.165) is 5.82 Å². The van der Waals surface area contributed by atoms with Gasteiger partial charge in [-0.2, -0.15) is 5.10 Å². The second kappa shape index (κ2) is 6.33. The number of carbonyl (C=O) groups is 1. The lowest BCUT2D eigenvalue weighted by Crippen LogP contribution is -2.26. The summed E-state index contributed by atoms with van der Waals surface area (Å²) in [5.41, 5.74) is 0.519. The molecule has 0 saturated carbocycles. The molecule has 1 amide bonds. The Labute approximate surface area is 121 Å². The van der Waals surface area contributed by atoms with Crippen LogP contribution in [0.4, 0.5) is 0 Å². The number of ether oxygens (including phenoxy) is 1. The molecule has 1 aromatic heterocycles. The summed E-state index contributed by atoms with van der Waals surface area (Å²) >= 11 is 5.03. The highest BCUT2D eigenvalue weighted by Crippen LogP contribution is 2.16. The highest BCUT2D eigenvalue weighted by Gasteiger charge is 2.11. The van der Waals surface area contributed by atoms with Gasteiger partial charge in [0.1, 0.15) is 11.6 Å². The standard InChI is InChI=1S/C13H16N4O2S/c1-17-11(15-16-13(17)20)7-8-14-12(18)9-5-3-4-6-10(9)19-2/h3-6H,7-8H2,1-2H3,(H,14,18)(H,16,20). The molecule has 0 saturated heterocycles. The summed E-state index contributed by atoms with van der Waals surface area (Å²) in [4.78, 5) is 12.1. The SMILES string of the molecule is COc1ccccc1C(=O)NCCc1n[nH]c(=S)n1C. The van der Waals surface area contributed by atoms with Gasteiger partial charge in [0.15, 0.2) is 4.77 Å². The largest absolute Gasteiger partial charge is 0.496 e. The van der Waals surface area contributed by atoms with Crippen LogP contribution in [0.5, 0.6) is 5.75 Å². The van der Waals surface area contributed by atoms with E-state index in [1.54, 1.807) is 29.9 Å². The fourth-order valence-corrected chi connectivity index (χ4v) is 1.97. The van der Waals surface area contributed by atoms with Crippen molar-refractivity contribution in [2.45, 2.75) is 6.42 Å². The van der Waals surface area contributed by atoms with E-state index in [2.05, 4.69) is 15.5 Å². The van der Waals surface area contributed by atoms with Crippen molar-refractivity contribution in [1.29, 1.82) is 0 Å². The Bertz CT molecular complexity index is 662. The van der Waals surface area contributed by atoms with E-state index >= 15 is 0 Å². The average Bonchev–Trinajstić information content (AvgIpc) is 2.79. The van der Waals surface area contributed by atoms with E-state index in [0.29, 0.717) is 29.0 Å². The number of para-hydroxylation sites is 1. The number of methoxy groups -OCH3 is 1. The van der Waals surface area contributed by atoms with E-state index in [9.17, 15) is 4.79 Å². The Kier molecular flexibility index (Phi) is 4.52. The number of hydrogen-bond donors (Lipinski definition) is 2. The lowest BCUT2D eigenvalue weighted by Gasteiger charge is -2.08. The molecule has 2 N–H and O–H groups in total. The predicted octanol–water partition coefficient (Wildman–Crippen LogP) is 1.46. The van der Waals surface area contributed by atoms with Crippen LogP contribution in [0.25, 0.3) is 0 Å². The number of aromatic amines is 1. The quantitative estimate of drug-likeness (QED) is 0.818. The molecule has 0 aliphatic rings. The fourth-order valence-electron chi connectivity index (χ4n) is 1.82. The van der Waals surface area contributed by atoms with Gasteiger partial charge in [-0.1, -0.05) is 12.1 Å². The molecule has 0 atom stereocenters. The monoisotopic (exact) mass is 292 g/mol. The van der Waals surface area contributed by atoms with E-state index in [-0.39, 0.29) is 5.91 Å². The second-order valence-corrected chi connectivity index (χ2v) is 4.60. The molecule has 0 aliphatic heterocycles. The van der Waals surface area contributed by atoms with Crippen LogP contribution in [-0.4, -0.2) is 34.3 Å². The third kappa shape index (κ3) is 3.05. The Morgan fingerprint density at radius 1 is 1.50 bits per heavy atom. The molecule has 7 heteroatoms. The molecule has 0 bridgehead atoms. The first-order valence-electron chi connectivity index (χ1n) is 6.15. The molecule has 2 aromatic rings. The summed E-state index contributed by atoms with van der Waals surface area (Å²) in [7, 11) is 3.38. The number of benzene rings is 1. The van der Waals surface area contributed by atoms with Crippen LogP contribution in [0.2, 0.25) is 0 Å². The van der Waals surface area contributed by atoms with Crippen molar-refractivity contribution in [3.05, 3.63) is 40.4 Å². The van der Waals surface area contributed by atoms with E-state index in [4.69, 9.17) is 17.0 Å². The van der Waals surface area contributed by atoms with Gasteiger partial charge in [0, 0.05) is 20.0 Å². The summed E-state index contributed by atoms with van der Waals surface area (Å²) in [6, 6.07) is 7.11. The van der Waals surface area contributed by atoms with Crippen LogP contribution in [-0.2, 0) is 13.5 Å². The number of nitrogens with one attached hydrogen (secondary N) is 2. The topological polar surface area (TPSA) is 71.9 Å². The number of rotatable bonds is 5. The van der Waals surface area contributed by atoms with Gasteiger partial charge in [-0.3, -0.25) is 9.89 Å². The minimum Gasteiger partial charge on any atom is -0.496 e. The lowest BCUT2D eigenvalue weighted by molar-refractivity contribution is 0.0951. The number of amides is 1. The van der Waals surface area contributed by atoms with E-state index in [1.165, 1.54) is 0 Å². The van der Waals surface area contributed by atoms with Crippen molar-refractivity contribution in [3.8, 4) is 5.75 Å². The van der Waals surface area contributed by atoms with Gasteiger partial charge in [-0.25, -0.2) is 0 Å². The van der Waals surface area contributed by atoms with Crippen molar-refractivity contribution in [2.75, 3.05) is 13.7 Å². The zero-order valence-electron chi connectivity index (χ0n) is 11.3. The van der Waals surface area contributed by atoms with Gasteiger partial charge in [-0.05, 0) is 24.4 Å². The number of H-pyrrole nitrogens is 1. The minimum absolute atomic E-state index is 0.167. The number of aromatic nitrogens is 3. The Hall–Kier alpha value is -2.15. The molecule has 106 valence electrons. The Morgan fingerprint density at radius 2 is 2.25 bits per heavy atom. The van der Waals surface area contributed by atoms with E-state index in [1.807, 2.05) is 13.1 Å².